The van der Waals surface area contributed by atoms with Gasteiger partial charge in [-0.1, -0.05) is 59.9 Å². The summed E-state index contributed by atoms with van der Waals surface area (Å²) in [6.45, 7) is 0.360. The fourth-order valence-corrected chi connectivity index (χ4v) is 3.61. The van der Waals surface area contributed by atoms with Gasteiger partial charge in [-0.3, -0.25) is 0 Å². The van der Waals surface area contributed by atoms with E-state index in [1.165, 1.54) is 22.1 Å². The molecule has 0 saturated carbocycles. The molecule has 136 valence electrons. The van der Waals surface area contributed by atoms with E-state index in [9.17, 15) is 5.11 Å². The highest BCUT2D eigenvalue weighted by Crippen LogP contribution is 2.29. The number of aliphatic hydroxyl groups excluding tert-OH is 1. The molecule has 6 heteroatoms. The van der Waals surface area contributed by atoms with Crippen molar-refractivity contribution in [3.63, 3.8) is 0 Å². The van der Waals surface area contributed by atoms with Gasteiger partial charge in [-0.15, -0.1) is 10.2 Å². The summed E-state index contributed by atoms with van der Waals surface area (Å²) in [6, 6.07) is 21.9. The molecule has 3 aromatic carbocycles. The predicted octanol–water partition coefficient (Wildman–Crippen LogP) is 4.51. The minimum absolute atomic E-state index is 0.360. The lowest BCUT2D eigenvalue weighted by atomic mass is 10.1. The molecule has 0 fully saturated rings. The van der Waals surface area contributed by atoms with Gasteiger partial charge < -0.3 is 15.2 Å². The monoisotopic (exact) mass is 377 g/mol. The fraction of sp³-hybridized carbons (Fsp3) is 0.143. The quantitative estimate of drug-likeness (QED) is 0.517. The van der Waals surface area contributed by atoms with Gasteiger partial charge in [0.2, 0.25) is 5.13 Å². The van der Waals surface area contributed by atoms with Crippen LogP contribution in [0.4, 0.5) is 5.13 Å². The van der Waals surface area contributed by atoms with Crippen molar-refractivity contribution in [2.24, 2.45) is 0 Å². The number of benzene rings is 3. The second kappa shape index (κ2) is 7.73. The lowest BCUT2D eigenvalue weighted by Crippen LogP contribution is -2.11. The third-order valence-corrected chi connectivity index (χ3v) is 5.30. The normalized spacial score (nSPS) is 12.1. The van der Waals surface area contributed by atoms with Crippen molar-refractivity contribution in [1.29, 1.82) is 0 Å². The summed E-state index contributed by atoms with van der Waals surface area (Å²) < 4.78 is 5.14. The van der Waals surface area contributed by atoms with Gasteiger partial charge in [-0.2, -0.15) is 0 Å². The van der Waals surface area contributed by atoms with Crippen molar-refractivity contribution in [1.82, 2.24) is 10.2 Å². The van der Waals surface area contributed by atoms with Crippen LogP contribution in [0.3, 0.4) is 0 Å². The zero-order chi connectivity index (χ0) is 18.6. The first kappa shape index (κ1) is 17.5. The zero-order valence-electron chi connectivity index (χ0n) is 14.8. The van der Waals surface area contributed by atoms with E-state index in [1.54, 1.807) is 7.11 Å². The van der Waals surface area contributed by atoms with Gasteiger partial charge in [0.1, 0.15) is 10.8 Å². The third kappa shape index (κ3) is 3.92. The molecule has 1 unspecified atom stereocenters. The lowest BCUT2D eigenvalue weighted by molar-refractivity contribution is 0.191. The van der Waals surface area contributed by atoms with E-state index >= 15 is 0 Å². The van der Waals surface area contributed by atoms with Crippen molar-refractivity contribution >= 4 is 27.2 Å². The third-order valence-electron chi connectivity index (χ3n) is 4.37. The van der Waals surface area contributed by atoms with Gasteiger partial charge in [-0.25, -0.2) is 0 Å². The first-order chi connectivity index (χ1) is 13.2. The highest BCUT2D eigenvalue weighted by atomic mass is 32.1. The Morgan fingerprint density at radius 1 is 1.00 bits per heavy atom. The molecule has 1 heterocycles. The Labute approximate surface area is 161 Å². The molecular formula is C21H19N3O2S. The van der Waals surface area contributed by atoms with Crippen LogP contribution < -0.4 is 10.1 Å². The Kier molecular flexibility index (Phi) is 5.00. The van der Waals surface area contributed by atoms with Gasteiger partial charge in [0.05, 0.1) is 13.2 Å². The van der Waals surface area contributed by atoms with E-state index in [0.717, 1.165) is 21.9 Å². The van der Waals surface area contributed by atoms with Crippen LogP contribution in [0.25, 0.3) is 21.3 Å². The molecule has 0 aliphatic heterocycles. The van der Waals surface area contributed by atoms with Crippen LogP contribution in [0.1, 0.15) is 11.7 Å². The standard InChI is InChI=1S/C21H19N3O2S/c1-26-18-10-8-15(9-11-18)19(25)13-22-21-24-23-20(27-21)17-7-6-14-4-2-3-5-16(14)12-17/h2-12,19,25H,13H2,1H3,(H,22,24). The van der Waals surface area contributed by atoms with Crippen LogP contribution in [0, 0.1) is 0 Å². The molecule has 0 saturated heterocycles. The maximum atomic E-state index is 10.3. The number of aliphatic hydroxyl groups is 1. The molecular weight excluding hydrogens is 358 g/mol. The summed E-state index contributed by atoms with van der Waals surface area (Å²) >= 11 is 1.47. The predicted molar refractivity (Wildman–Crippen MR) is 109 cm³/mol. The minimum Gasteiger partial charge on any atom is -0.497 e. The number of aromatic nitrogens is 2. The number of anilines is 1. The SMILES string of the molecule is COc1ccc(C(O)CNc2nnc(-c3ccc4ccccc4c3)s2)cc1. The van der Waals surface area contributed by atoms with E-state index in [1.807, 2.05) is 36.4 Å². The number of hydrogen-bond donors (Lipinski definition) is 2. The molecule has 4 rings (SSSR count). The smallest absolute Gasteiger partial charge is 0.206 e. The van der Waals surface area contributed by atoms with Crippen LogP contribution >= 0.6 is 11.3 Å². The Morgan fingerprint density at radius 3 is 2.56 bits per heavy atom. The topological polar surface area (TPSA) is 67.3 Å². The van der Waals surface area contributed by atoms with Gasteiger partial charge in [0, 0.05) is 12.1 Å². The van der Waals surface area contributed by atoms with Crippen LogP contribution in [-0.4, -0.2) is 29.0 Å². The van der Waals surface area contributed by atoms with Crippen LogP contribution in [0.15, 0.2) is 66.7 Å². The molecule has 2 N–H and O–H groups in total. The van der Waals surface area contributed by atoms with E-state index in [0.29, 0.717) is 11.7 Å². The first-order valence-corrected chi connectivity index (χ1v) is 9.43. The Hall–Kier alpha value is -2.96. The summed E-state index contributed by atoms with van der Waals surface area (Å²) in [6.07, 6.45) is -0.635. The molecule has 27 heavy (non-hydrogen) atoms. The number of hydrogen-bond acceptors (Lipinski definition) is 6. The van der Waals surface area contributed by atoms with Crippen molar-refractivity contribution in [3.05, 3.63) is 72.3 Å². The molecule has 0 bridgehead atoms. The van der Waals surface area contributed by atoms with Crippen molar-refractivity contribution < 1.29 is 9.84 Å². The molecule has 0 amide bonds. The van der Waals surface area contributed by atoms with Crippen molar-refractivity contribution in [2.45, 2.75) is 6.10 Å². The number of rotatable bonds is 6. The largest absolute Gasteiger partial charge is 0.497 e. The van der Waals surface area contributed by atoms with E-state index in [-0.39, 0.29) is 0 Å². The minimum atomic E-state index is -0.635. The average molecular weight is 377 g/mol. The summed E-state index contributed by atoms with van der Waals surface area (Å²) in [5.74, 6) is 0.767. The molecule has 0 aliphatic rings. The van der Waals surface area contributed by atoms with Gasteiger partial charge in [0.15, 0.2) is 0 Å². The molecule has 5 nitrogen and oxygen atoms in total. The molecule has 4 aromatic rings. The van der Waals surface area contributed by atoms with E-state index in [4.69, 9.17) is 4.74 Å². The van der Waals surface area contributed by atoms with Gasteiger partial charge >= 0.3 is 0 Å². The van der Waals surface area contributed by atoms with Crippen LogP contribution in [0.2, 0.25) is 0 Å². The zero-order valence-corrected chi connectivity index (χ0v) is 15.6. The number of methoxy groups -OCH3 is 1. The number of fused-ring (bicyclic) bond motifs is 1. The van der Waals surface area contributed by atoms with Crippen molar-refractivity contribution in [2.75, 3.05) is 19.0 Å². The maximum Gasteiger partial charge on any atom is 0.206 e. The van der Waals surface area contributed by atoms with Crippen LogP contribution in [0.5, 0.6) is 5.75 Å². The fourth-order valence-electron chi connectivity index (χ4n) is 2.86. The summed E-state index contributed by atoms with van der Waals surface area (Å²) in [4.78, 5) is 0. The van der Waals surface area contributed by atoms with Crippen molar-refractivity contribution in [3.8, 4) is 16.3 Å². The lowest BCUT2D eigenvalue weighted by Gasteiger charge is -2.11. The molecule has 0 spiro atoms. The van der Waals surface area contributed by atoms with Gasteiger partial charge in [0.25, 0.3) is 0 Å². The first-order valence-electron chi connectivity index (χ1n) is 8.61. The molecule has 0 radical (unpaired) electrons. The van der Waals surface area contributed by atoms with E-state index < -0.39 is 6.10 Å². The van der Waals surface area contributed by atoms with Crippen LogP contribution in [-0.2, 0) is 0 Å². The molecule has 0 aliphatic carbocycles. The summed E-state index contributed by atoms with van der Waals surface area (Å²) in [5.41, 5.74) is 1.86. The molecule has 1 atom stereocenters. The highest BCUT2D eigenvalue weighted by molar-refractivity contribution is 7.18. The second-order valence-corrected chi connectivity index (χ2v) is 7.12. The molecule has 1 aromatic heterocycles. The Morgan fingerprint density at radius 2 is 1.78 bits per heavy atom. The number of nitrogens with zero attached hydrogens (tertiary/aromatic N) is 2. The maximum absolute atomic E-state index is 10.3. The van der Waals surface area contributed by atoms with E-state index in [2.05, 4.69) is 45.8 Å². The number of nitrogens with one attached hydrogen (secondary N) is 1. The Balaban J connectivity index is 1.44. The van der Waals surface area contributed by atoms with Gasteiger partial charge in [-0.05, 0) is 34.5 Å². The highest BCUT2D eigenvalue weighted by Gasteiger charge is 2.11. The summed E-state index contributed by atoms with van der Waals surface area (Å²) in [7, 11) is 1.62. The Bertz CT molecular complexity index is 1050. The second-order valence-electron chi connectivity index (χ2n) is 6.14. The number of ether oxygens (including phenoxy) is 1. The summed E-state index contributed by atoms with van der Waals surface area (Å²) in [5, 5.41) is 25.9. The average Bonchev–Trinajstić information content (AvgIpc) is 3.21.